The van der Waals surface area contributed by atoms with Crippen molar-refractivity contribution in [3.63, 3.8) is 0 Å². The minimum atomic E-state index is 0.0369. The third-order valence-corrected chi connectivity index (χ3v) is 4.43. The largest absolute Gasteiger partial charge is 0.497 e. The van der Waals surface area contributed by atoms with Crippen molar-refractivity contribution < 1.29 is 14.3 Å². The molecule has 0 radical (unpaired) electrons. The van der Waals surface area contributed by atoms with Crippen LogP contribution in [0.15, 0.2) is 48.5 Å². The van der Waals surface area contributed by atoms with Crippen molar-refractivity contribution in [3.8, 4) is 11.5 Å². The lowest BCUT2D eigenvalue weighted by Crippen LogP contribution is -2.34. The predicted molar refractivity (Wildman–Crippen MR) is 93.4 cm³/mol. The highest BCUT2D eigenvalue weighted by molar-refractivity contribution is 5.78. The van der Waals surface area contributed by atoms with Crippen molar-refractivity contribution in [2.45, 2.75) is 25.8 Å². The normalized spacial score (nSPS) is 16.9. The Morgan fingerprint density at radius 2 is 1.96 bits per heavy atom. The van der Waals surface area contributed by atoms with Crippen LogP contribution in [-0.2, 0) is 4.79 Å². The average molecular weight is 325 g/mol. The van der Waals surface area contributed by atoms with Crippen molar-refractivity contribution in [2.24, 2.45) is 0 Å². The van der Waals surface area contributed by atoms with Gasteiger partial charge in [0.2, 0.25) is 0 Å². The number of benzene rings is 2. The maximum atomic E-state index is 12.6. The standard InChI is InChI=1S/C20H23NO3/c1-15-5-3-6-18(13-15)24-14-20(22)21-12-4-7-19(21)16-8-10-17(23-2)11-9-16/h3,5-6,8-11,13,19H,4,7,12,14H2,1-2H3. The second-order valence-electron chi connectivity index (χ2n) is 6.12. The molecule has 3 rings (SSSR count). The predicted octanol–water partition coefficient (Wildman–Crippen LogP) is 3.75. The van der Waals surface area contributed by atoms with Crippen LogP contribution >= 0.6 is 0 Å². The Morgan fingerprint density at radius 1 is 1.17 bits per heavy atom. The number of hydrogen-bond acceptors (Lipinski definition) is 3. The number of carbonyl (C=O) groups excluding carboxylic acids is 1. The van der Waals surface area contributed by atoms with E-state index in [0.717, 1.165) is 42.0 Å². The highest BCUT2D eigenvalue weighted by atomic mass is 16.5. The van der Waals surface area contributed by atoms with Gasteiger partial charge in [0, 0.05) is 6.54 Å². The van der Waals surface area contributed by atoms with Crippen LogP contribution in [0, 0.1) is 6.92 Å². The molecule has 1 aliphatic heterocycles. The van der Waals surface area contributed by atoms with E-state index in [1.54, 1.807) is 7.11 Å². The first-order valence-electron chi connectivity index (χ1n) is 8.30. The molecule has 24 heavy (non-hydrogen) atoms. The maximum Gasteiger partial charge on any atom is 0.261 e. The van der Waals surface area contributed by atoms with Crippen LogP contribution in [0.2, 0.25) is 0 Å². The molecule has 1 aliphatic rings. The fraction of sp³-hybridized carbons (Fsp3) is 0.350. The summed E-state index contributed by atoms with van der Waals surface area (Å²) in [5.41, 5.74) is 2.27. The Balaban J connectivity index is 1.64. The van der Waals surface area contributed by atoms with Gasteiger partial charge in [-0.3, -0.25) is 4.79 Å². The molecule has 1 atom stereocenters. The summed E-state index contributed by atoms with van der Waals surface area (Å²) in [4.78, 5) is 14.5. The van der Waals surface area contributed by atoms with Gasteiger partial charge >= 0.3 is 0 Å². The first kappa shape index (κ1) is 16.4. The van der Waals surface area contributed by atoms with E-state index < -0.39 is 0 Å². The number of rotatable bonds is 5. The van der Waals surface area contributed by atoms with Crippen LogP contribution in [0.25, 0.3) is 0 Å². The molecule has 4 heteroatoms. The van der Waals surface area contributed by atoms with Gasteiger partial charge in [-0.25, -0.2) is 0 Å². The number of hydrogen-bond donors (Lipinski definition) is 0. The summed E-state index contributed by atoms with van der Waals surface area (Å²) >= 11 is 0. The highest BCUT2D eigenvalue weighted by Crippen LogP contribution is 2.32. The smallest absolute Gasteiger partial charge is 0.261 e. The summed E-state index contributed by atoms with van der Waals surface area (Å²) in [5, 5.41) is 0. The molecule has 1 amide bonds. The molecule has 0 N–H and O–H groups in total. The summed E-state index contributed by atoms with van der Waals surface area (Å²) in [5.74, 6) is 1.61. The van der Waals surface area contributed by atoms with Crippen LogP contribution in [-0.4, -0.2) is 31.1 Å². The summed E-state index contributed by atoms with van der Waals surface area (Å²) in [6, 6.07) is 15.9. The molecular weight excluding hydrogens is 302 g/mol. The monoisotopic (exact) mass is 325 g/mol. The number of carbonyl (C=O) groups is 1. The molecule has 1 heterocycles. The highest BCUT2D eigenvalue weighted by Gasteiger charge is 2.30. The fourth-order valence-electron chi connectivity index (χ4n) is 3.17. The van der Waals surface area contributed by atoms with Gasteiger partial charge in [0.15, 0.2) is 6.61 Å². The number of likely N-dealkylation sites (tertiary alicyclic amines) is 1. The number of methoxy groups -OCH3 is 1. The SMILES string of the molecule is COc1ccc(C2CCCN2C(=O)COc2cccc(C)c2)cc1. The van der Waals surface area contributed by atoms with Gasteiger partial charge in [0.05, 0.1) is 13.2 Å². The lowest BCUT2D eigenvalue weighted by molar-refractivity contribution is -0.134. The van der Waals surface area contributed by atoms with Crippen LogP contribution in [0.4, 0.5) is 0 Å². The summed E-state index contributed by atoms with van der Waals surface area (Å²) < 4.78 is 10.9. The first-order chi connectivity index (χ1) is 11.7. The number of nitrogens with zero attached hydrogens (tertiary/aromatic N) is 1. The number of aryl methyl sites for hydroxylation is 1. The molecule has 2 aromatic carbocycles. The van der Waals surface area contributed by atoms with Crippen LogP contribution < -0.4 is 9.47 Å². The molecule has 1 unspecified atom stereocenters. The van der Waals surface area contributed by atoms with Crippen molar-refractivity contribution in [3.05, 3.63) is 59.7 Å². The Kier molecular flexibility index (Phi) is 5.04. The van der Waals surface area contributed by atoms with E-state index in [0.29, 0.717) is 0 Å². The molecule has 4 nitrogen and oxygen atoms in total. The first-order valence-corrected chi connectivity index (χ1v) is 8.30. The minimum Gasteiger partial charge on any atom is -0.497 e. The third-order valence-electron chi connectivity index (χ3n) is 4.43. The second kappa shape index (κ2) is 7.39. The zero-order valence-corrected chi connectivity index (χ0v) is 14.2. The van der Waals surface area contributed by atoms with E-state index in [1.165, 1.54) is 0 Å². The molecule has 0 saturated carbocycles. The summed E-state index contributed by atoms with van der Waals surface area (Å²) in [6.45, 7) is 2.87. The number of ether oxygens (including phenoxy) is 2. The minimum absolute atomic E-state index is 0.0369. The summed E-state index contributed by atoms with van der Waals surface area (Å²) in [6.07, 6.45) is 2.01. The molecule has 0 aliphatic carbocycles. The van der Waals surface area contributed by atoms with Crippen LogP contribution in [0.3, 0.4) is 0 Å². The van der Waals surface area contributed by atoms with E-state index in [-0.39, 0.29) is 18.6 Å². The Morgan fingerprint density at radius 3 is 2.67 bits per heavy atom. The lowest BCUT2D eigenvalue weighted by Gasteiger charge is -2.25. The van der Waals surface area contributed by atoms with E-state index in [4.69, 9.17) is 9.47 Å². The van der Waals surface area contributed by atoms with Gasteiger partial charge in [-0.15, -0.1) is 0 Å². The van der Waals surface area contributed by atoms with Gasteiger partial charge in [0.25, 0.3) is 5.91 Å². The summed E-state index contributed by atoms with van der Waals surface area (Å²) in [7, 11) is 1.66. The molecule has 2 aromatic rings. The van der Waals surface area contributed by atoms with Crippen LogP contribution in [0.1, 0.15) is 30.0 Å². The topological polar surface area (TPSA) is 38.8 Å². The molecule has 0 aromatic heterocycles. The van der Waals surface area contributed by atoms with Crippen molar-refractivity contribution in [1.29, 1.82) is 0 Å². The van der Waals surface area contributed by atoms with E-state index in [9.17, 15) is 4.79 Å². The Hall–Kier alpha value is -2.49. The van der Waals surface area contributed by atoms with Gasteiger partial charge < -0.3 is 14.4 Å². The third kappa shape index (κ3) is 3.70. The van der Waals surface area contributed by atoms with Crippen molar-refractivity contribution >= 4 is 5.91 Å². The van der Waals surface area contributed by atoms with E-state index in [2.05, 4.69) is 0 Å². The zero-order chi connectivity index (χ0) is 16.9. The zero-order valence-electron chi connectivity index (χ0n) is 14.2. The molecule has 1 saturated heterocycles. The van der Waals surface area contributed by atoms with Crippen LogP contribution in [0.5, 0.6) is 11.5 Å². The van der Waals surface area contributed by atoms with E-state index >= 15 is 0 Å². The van der Waals surface area contributed by atoms with E-state index in [1.807, 2.05) is 60.4 Å². The fourth-order valence-corrected chi connectivity index (χ4v) is 3.17. The quantitative estimate of drug-likeness (QED) is 0.840. The second-order valence-corrected chi connectivity index (χ2v) is 6.12. The van der Waals surface area contributed by atoms with Crippen molar-refractivity contribution in [2.75, 3.05) is 20.3 Å². The molecule has 0 bridgehead atoms. The van der Waals surface area contributed by atoms with Gasteiger partial charge in [0.1, 0.15) is 11.5 Å². The van der Waals surface area contributed by atoms with Gasteiger partial charge in [-0.2, -0.15) is 0 Å². The van der Waals surface area contributed by atoms with Crippen molar-refractivity contribution in [1.82, 2.24) is 4.90 Å². The molecule has 126 valence electrons. The average Bonchev–Trinajstić information content (AvgIpc) is 3.09. The van der Waals surface area contributed by atoms with Gasteiger partial charge in [-0.05, 0) is 55.2 Å². The lowest BCUT2D eigenvalue weighted by atomic mass is 10.0. The number of amides is 1. The molecular formula is C20H23NO3. The molecule has 1 fully saturated rings. The molecule has 0 spiro atoms. The van der Waals surface area contributed by atoms with Gasteiger partial charge in [-0.1, -0.05) is 24.3 Å². The Bertz CT molecular complexity index is 696. The maximum absolute atomic E-state index is 12.6. The Labute approximate surface area is 143 Å².